The van der Waals surface area contributed by atoms with Gasteiger partial charge < -0.3 is 5.32 Å². The maximum atomic E-state index is 11.5. The molecule has 0 aromatic rings. The van der Waals surface area contributed by atoms with Crippen LogP contribution in [0.2, 0.25) is 0 Å². The maximum Gasteiger partial charge on any atom is 0.216 e. The van der Waals surface area contributed by atoms with E-state index in [9.17, 15) is 8.42 Å². The summed E-state index contributed by atoms with van der Waals surface area (Å²) < 4.78 is 24.5. The Labute approximate surface area is 86.1 Å². The molecule has 0 amide bonds. The van der Waals surface area contributed by atoms with Crippen LogP contribution < -0.4 is 5.32 Å². The molecule has 1 fully saturated rings. The third kappa shape index (κ3) is 2.56. The highest BCUT2D eigenvalue weighted by Gasteiger charge is 2.36. The molecule has 0 bridgehead atoms. The van der Waals surface area contributed by atoms with Gasteiger partial charge in [0.15, 0.2) is 0 Å². The molecule has 80 valence electrons. The molecule has 0 aromatic heterocycles. The Morgan fingerprint density at radius 2 is 1.85 bits per heavy atom. The van der Waals surface area contributed by atoms with Crippen LogP contribution in [0, 0.1) is 0 Å². The first-order valence-electron chi connectivity index (χ1n) is 4.14. The topological polar surface area (TPSA) is 49.4 Å². The van der Waals surface area contributed by atoms with Crippen LogP contribution in [0.25, 0.3) is 0 Å². The van der Waals surface area contributed by atoms with E-state index in [-0.39, 0.29) is 17.7 Å². The molecule has 0 spiro atoms. The van der Waals surface area contributed by atoms with Crippen molar-refractivity contribution in [2.45, 2.75) is 25.1 Å². The molecule has 6 heteroatoms. The molecule has 0 atom stereocenters. The van der Waals surface area contributed by atoms with Crippen molar-refractivity contribution >= 4 is 22.4 Å². The van der Waals surface area contributed by atoms with E-state index in [1.165, 1.54) is 4.31 Å². The van der Waals surface area contributed by atoms with E-state index in [0.29, 0.717) is 19.1 Å². The summed E-state index contributed by atoms with van der Waals surface area (Å²) in [5.74, 6) is 0. The van der Waals surface area contributed by atoms with E-state index >= 15 is 0 Å². The quantitative estimate of drug-likeness (QED) is 0.743. The Kier molecular flexibility index (Phi) is 4.65. The highest BCUT2D eigenvalue weighted by atomic mass is 35.5. The molecular formula is C7H17ClN2O2S. The fraction of sp³-hybridized carbons (Fsp3) is 1.00. The number of nitrogens with zero attached hydrogens (tertiary/aromatic N) is 1. The first-order valence-corrected chi connectivity index (χ1v) is 5.65. The fourth-order valence-electron chi connectivity index (χ4n) is 1.13. The minimum Gasteiger partial charge on any atom is -0.314 e. The average molecular weight is 229 g/mol. The molecule has 1 N–H and O–H groups in total. The minimum absolute atomic E-state index is 0. The van der Waals surface area contributed by atoms with Gasteiger partial charge in [0.1, 0.15) is 0 Å². The maximum absolute atomic E-state index is 11.5. The van der Waals surface area contributed by atoms with E-state index < -0.39 is 10.0 Å². The smallest absolute Gasteiger partial charge is 0.216 e. The van der Waals surface area contributed by atoms with Crippen molar-refractivity contribution < 1.29 is 8.42 Å². The predicted molar refractivity (Wildman–Crippen MR) is 55.7 cm³/mol. The van der Waals surface area contributed by atoms with Gasteiger partial charge in [-0.15, -0.1) is 12.4 Å². The number of hydrogen-bond acceptors (Lipinski definition) is 3. The molecular weight excluding hydrogens is 212 g/mol. The number of halogens is 1. The Morgan fingerprint density at radius 3 is 2.15 bits per heavy atom. The monoisotopic (exact) mass is 228 g/mol. The number of sulfonamides is 1. The van der Waals surface area contributed by atoms with Gasteiger partial charge in [0.05, 0.1) is 5.25 Å². The van der Waals surface area contributed by atoms with Crippen LogP contribution in [0.15, 0.2) is 0 Å². The minimum atomic E-state index is -2.99. The zero-order chi connectivity index (χ0) is 9.35. The summed E-state index contributed by atoms with van der Waals surface area (Å²) in [6, 6.07) is 0.346. The Hall–Kier alpha value is 0.160. The van der Waals surface area contributed by atoms with Crippen LogP contribution in [0.1, 0.15) is 13.8 Å². The summed E-state index contributed by atoms with van der Waals surface area (Å²) in [7, 11) is -1.14. The van der Waals surface area contributed by atoms with Crippen molar-refractivity contribution in [2.75, 3.05) is 20.1 Å². The lowest BCUT2D eigenvalue weighted by Gasteiger charge is -2.38. The summed E-state index contributed by atoms with van der Waals surface area (Å²) in [5.41, 5.74) is 0. The Bertz CT molecular complexity index is 247. The second-order valence-corrected chi connectivity index (χ2v) is 5.89. The van der Waals surface area contributed by atoms with Crippen molar-refractivity contribution in [1.29, 1.82) is 0 Å². The van der Waals surface area contributed by atoms with Gasteiger partial charge in [-0.05, 0) is 20.9 Å². The second-order valence-electron chi connectivity index (χ2n) is 3.40. The number of nitrogens with one attached hydrogen (secondary N) is 1. The van der Waals surface area contributed by atoms with Gasteiger partial charge in [-0.1, -0.05) is 0 Å². The first kappa shape index (κ1) is 13.2. The first-order chi connectivity index (χ1) is 5.48. The zero-order valence-electron chi connectivity index (χ0n) is 8.15. The van der Waals surface area contributed by atoms with E-state index in [4.69, 9.17) is 0 Å². The molecule has 4 nitrogen and oxygen atoms in total. The third-order valence-electron chi connectivity index (χ3n) is 2.21. The van der Waals surface area contributed by atoms with Crippen LogP contribution >= 0.6 is 12.4 Å². The molecule has 0 radical (unpaired) electrons. The lowest BCUT2D eigenvalue weighted by Crippen LogP contribution is -2.60. The van der Waals surface area contributed by atoms with Crippen molar-refractivity contribution in [3.63, 3.8) is 0 Å². The molecule has 0 unspecified atom stereocenters. The van der Waals surface area contributed by atoms with Crippen molar-refractivity contribution in [3.8, 4) is 0 Å². The Morgan fingerprint density at radius 1 is 1.38 bits per heavy atom. The summed E-state index contributed by atoms with van der Waals surface area (Å²) in [6.07, 6.45) is 0. The average Bonchev–Trinajstić information content (AvgIpc) is 1.84. The van der Waals surface area contributed by atoms with Crippen molar-refractivity contribution in [3.05, 3.63) is 0 Å². The van der Waals surface area contributed by atoms with Gasteiger partial charge in [-0.25, -0.2) is 8.42 Å². The SMILES string of the molecule is CNC1CN(S(=O)(=O)C(C)C)C1.Cl. The molecule has 13 heavy (non-hydrogen) atoms. The van der Waals surface area contributed by atoms with Crippen LogP contribution in [0.5, 0.6) is 0 Å². The van der Waals surface area contributed by atoms with Crippen LogP contribution in [0.3, 0.4) is 0 Å². The summed E-state index contributed by atoms with van der Waals surface area (Å²) in [4.78, 5) is 0. The lowest BCUT2D eigenvalue weighted by atomic mass is 10.2. The third-order valence-corrected chi connectivity index (χ3v) is 4.42. The number of likely N-dealkylation sites (N-methyl/N-ethyl adjacent to an activating group) is 1. The van der Waals surface area contributed by atoms with Gasteiger partial charge >= 0.3 is 0 Å². The fourth-order valence-corrected chi connectivity index (χ4v) is 2.50. The van der Waals surface area contributed by atoms with E-state index in [0.717, 1.165) is 0 Å². The standard InChI is InChI=1S/C7H16N2O2S.ClH/c1-6(2)12(10,11)9-4-7(5-9)8-3;/h6-8H,4-5H2,1-3H3;1H. The number of rotatable bonds is 3. The predicted octanol–water partition coefficient (Wildman–Crippen LogP) is 0.0500. The zero-order valence-corrected chi connectivity index (χ0v) is 9.78. The molecule has 1 heterocycles. The van der Waals surface area contributed by atoms with Gasteiger partial charge in [0.2, 0.25) is 10.0 Å². The molecule has 1 aliphatic rings. The lowest BCUT2D eigenvalue weighted by molar-refractivity contribution is 0.235. The van der Waals surface area contributed by atoms with Gasteiger partial charge in [-0.3, -0.25) is 0 Å². The van der Waals surface area contributed by atoms with Crippen LogP contribution in [-0.2, 0) is 10.0 Å². The highest BCUT2D eigenvalue weighted by molar-refractivity contribution is 7.89. The van der Waals surface area contributed by atoms with Crippen molar-refractivity contribution in [1.82, 2.24) is 9.62 Å². The normalized spacial score (nSPS) is 19.7. The summed E-state index contributed by atoms with van der Waals surface area (Å²) >= 11 is 0. The molecule has 0 aromatic carbocycles. The van der Waals surface area contributed by atoms with E-state index in [1.54, 1.807) is 13.8 Å². The molecule has 0 aliphatic carbocycles. The van der Waals surface area contributed by atoms with Gasteiger partial charge in [0, 0.05) is 19.1 Å². The van der Waals surface area contributed by atoms with Crippen molar-refractivity contribution in [2.24, 2.45) is 0 Å². The highest BCUT2D eigenvalue weighted by Crippen LogP contribution is 2.16. The van der Waals surface area contributed by atoms with Gasteiger partial charge in [0.25, 0.3) is 0 Å². The van der Waals surface area contributed by atoms with E-state index in [1.807, 2.05) is 7.05 Å². The van der Waals surface area contributed by atoms with Crippen LogP contribution in [-0.4, -0.2) is 44.2 Å². The summed E-state index contributed by atoms with van der Waals surface area (Å²) in [5, 5.41) is 2.74. The van der Waals surface area contributed by atoms with Gasteiger partial charge in [-0.2, -0.15) is 4.31 Å². The summed E-state index contributed by atoms with van der Waals surface area (Å²) in [6.45, 7) is 4.66. The van der Waals surface area contributed by atoms with E-state index in [2.05, 4.69) is 5.32 Å². The second kappa shape index (κ2) is 4.59. The van der Waals surface area contributed by atoms with Crippen LogP contribution in [0.4, 0.5) is 0 Å². The molecule has 1 rings (SSSR count). The number of hydrogen-bond donors (Lipinski definition) is 1. The Balaban J connectivity index is 0.00000144. The molecule has 0 saturated carbocycles. The largest absolute Gasteiger partial charge is 0.314 e. The molecule has 1 aliphatic heterocycles. The molecule has 1 saturated heterocycles.